The lowest BCUT2D eigenvalue weighted by Gasteiger charge is -2.15. The molecule has 0 atom stereocenters. The van der Waals surface area contributed by atoms with E-state index in [9.17, 15) is 8.42 Å². The summed E-state index contributed by atoms with van der Waals surface area (Å²) >= 11 is 3.52. The number of fused-ring (bicyclic) bond motifs is 1. The van der Waals surface area contributed by atoms with E-state index >= 15 is 0 Å². The van der Waals surface area contributed by atoms with Gasteiger partial charge in [-0.3, -0.25) is 4.98 Å². The molecule has 2 N–H and O–H groups in total. The normalized spacial score (nSPS) is 11.7. The monoisotopic (exact) mass is 433 g/mol. The summed E-state index contributed by atoms with van der Waals surface area (Å²) in [5.41, 5.74) is 4.86. The molecule has 1 heterocycles. The second kappa shape index (κ2) is 7.34. The third kappa shape index (κ3) is 3.75. The highest BCUT2D eigenvalue weighted by atomic mass is 79.9. The van der Waals surface area contributed by atoms with Gasteiger partial charge < -0.3 is 5.32 Å². The SMILES string of the molecule is CNS(=O)(=O)c1cccc(CNc2c(C)c(C)nc3ccc(Br)cc23)c1. The molecule has 2 aromatic carbocycles. The molecule has 0 saturated carbocycles. The number of sulfonamides is 1. The number of halogens is 1. The molecule has 7 heteroatoms. The Kier molecular flexibility index (Phi) is 5.32. The van der Waals surface area contributed by atoms with E-state index in [4.69, 9.17) is 0 Å². The Bertz CT molecular complexity index is 1080. The van der Waals surface area contributed by atoms with Gasteiger partial charge >= 0.3 is 0 Å². The predicted octanol–water partition coefficient (Wildman–Crippen LogP) is 4.13. The number of benzene rings is 2. The first-order chi connectivity index (χ1) is 12.3. The molecule has 26 heavy (non-hydrogen) atoms. The summed E-state index contributed by atoms with van der Waals surface area (Å²) in [6.07, 6.45) is 0. The van der Waals surface area contributed by atoms with Crippen LogP contribution in [0.2, 0.25) is 0 Å². The fraction of sp³-hybridized carbons (Fsp3) is 0.211. The minimum absolute atomic E-state index is 0.259. The second-order valence-electron chi connectivity index (χ2n) is 6.07. The van der Waals surface area contributed by atoms with Gasteiger partial charge in [-0.15, -0.1) is 0 Å². The highest BCUT2D eigenvalue weighted by Crippen LogP contribution is 2.30. The average Bonchev–Trinajstić information content (AvgIpc) is 2.63. The van der Waals surface area contributed by atoms with Crippen LogP contribution in [-0.2, 0) is 16.6 Å². The van der Waals surface area contributed by atoms with Crippen molar-refractivity contribution in [2.75, 3.05) is 12.4 Å². The Morgan fingerprint density at radius 2 is 1.88 bits per heavy atom. The average molecular weight is 434 g/mol. The molecule has 0 radical (unpaired) electrons. The topological polar surface area (TPSA) is 71.1 Å². The van der Waals surface area contributed by atoms with Gasteiger partial charge in [0.05, 0.1) is 10.4 Å². The number of nitrogens with one attached hydrogen (secondary N) is 2. The molecule has 0 amide bonds. The van der Waals surface area contributed by atoms with Crippen LogP contribution in [0.4, 0.5) is 5.69 Å². The Morgan fingerprint density at radius 1 is 1.12 bits per heavy atom. The van der Waals surface area contributed by atoms with Crippen LogP contribution in [0.15, 0.2) is 51.8 Å². The first-order valence-corrected chi connectivity index (χ1v) is 10.4. The summed E-state index contributed by atoms with van der Waals surface area (Å²) in [7, 11) is -2.04. The predicted molar refractivity (Wildman–Crippen MR) is 109 cm³/mol. The second-order valence-corrected chi connectivity index (χ2v) is 8.87. The molecule has 0 unspecified atom stereocenters. The summed E-state index contributed by atoms with van der Waals surface area (Å²) < 4.78 is 27.3. The summed E-state index contributed by atoms with van der Waals surface area (Å²) in [5, 5.41) is 4.49. The lowest BCUT2D eigenvalue weighted by Crippen LogP contribution is -2.18. The van der Waals surface area contributed by atoms with E-state index < -0.39 is 10.0 Å². The van der Waals surface area contributed by atoms with Gasteiger partial charge in [0.2, 0.25) is 10.0 Å². The Labute approximate surface area is 162 Å². The summed E-state index contributed by atoms with van der Waals surface area (Å²) in [5.74, 6) is 0. The largest absolute Gasteiger partial charge is 0.380 e. The van der Waals surface area contributed by atoms with Crippen LogP contribution in [0.1, 0.15) is 16.8 Å². The lowest BCUT2D eigenvalue weighted by molar-refractivity contribution is 0.588. The van der Waals surface area contributed by atoms with Crippen molar-refractivity contribution in [3.05, 3.63) is 63.8 Å². The van der Waals surface area contributed by atoms with Crippen molar-refractivity contribution in [2.45, 2.75) is 25.3 Å². The van der Waals surface area contributed by atoms with Gasteiger partial charge in [0, 0.05) is 27.8 Å². The van der Waals surface area contributed by atoms with Crippen LogP contribution in [0, 0.1) is 13.8 Å². The standard InChI is InChI=1S/C19H20BrN3O2S/c1-12-13(2)23-18-8-7-15(20)10-17(18)19(12)22-11-14-5-4-6-16(9-14)26(24,25)21-3/h4-10,21H,11H2,1-3H3,(H,22,23). The maximum Gasteiger partial charge on any atom is 0.240 e. The Hall–Kier alpha value is -1.96. The maximum atomic E-state index is 12.0. The molecule has 0 aliphatic carbocycles. The Morgan fingerprint density at radius 3 is 2.62 bits per heavy atom. The molecule has 0 aliphatic heterocycles. The van der Waals surface area contributed by atoms with Gasteiger partial charge in [0.1, 0.15) is 0 Å². The molecule has 1 aromatic heterocycles. The summed E-state index contributed by atoms with van der Waals surface area (Å²) in [4.78, 5) is 4.90. The van der Waals surface area contributed by atoms with Crippen LogP contribution < -0.4 is 10.0 Å². The van der Waals surface area contributed by atoms with Gasteiger partial charge in [-0.05, 0) is 62.4 Å². The van der Waals surface area contributed by atoms with Gasteiger partial charge in [-0.1, -0.05) is 28.1 Å². The van der Waals surface area contributed by atoms with Crippen LogP contribution >= 0.6 is 15.9 Å². The molecule has 3 aromatic rings. The number of aryl methyl sites for hydroxylation is 1. The van der Waals surface area contributed by atoms with Crippen LogP contribution in [-0.4, -0.2) is 20.4 Å². The smallest absolute Gasteiger partial charge is 0.240 e. The third-order valence-electron chi connectivity index (χ3n) is 4.38. The maximum absolute atomic E-state index is 12.0. The fourth-order valence-corrected chi connectivity index (χ4v) is 3.97. The Balaban J connectivity index is 1.97. The van der Waals surface area contributed by atoms with Crippen LogP contribution in [0.3, 0.4) is 0 Å². The zero-order valence-electron chi connectivity index (χ0n) is 14.8. The molecule has 0 bridgehead atoms. The quantitative estimate of drug-likeness (QED) is 0.634. The molecule has 0 spiro atoms. The minimum Gasteiger partial charge on any atom is -0.380 e. The molecule has 0 aliphatic rings. The van der Waals surface area contributed by atoms with E-state index in [0.29, 0.717) is 6.54 Å². The molecule has 0 saturated heterocycles. The van der Waals surface area contributed by atoms with Gasteiger partial charge in [-0.2, -0.15) is 0 Å². The molecule has 136 valence electrons. The van der Waals surface area contributed by atoms with Crippen molar-refractivity contribution in [1.82, 2.24) is 9.71 Å². The van der Waals surface area contributed by atoms with Crippen molar-refractivity contribution in [3.63, 3.8) is 0 Å². The highest BCUT2D eigenvalue weighted by Gasteiger charge is 2.13. The molecular formula is C19H20BrN3O2S. The third-order valence-corrected chi connectivity index (χ3v) is 6.29. The zero-order valence-corrected chi connectivity index (χ0v) is 17.2. The van der Waals surface area contributed by atoms with E-state index in [1.54, 1.807) is 18.2 Å². The number of aromatic nitrogens is 1. The van der Waals surface area contributed by atoms with E-state index in [1.165, 1.54) is 7.05 Å². The molecular weight excluding hydrogens is 414 g/mol. The fourth-order valence-electron chi connectivity index (χ4n) is 2.81. The number of anilines is 1. The van der Waals surface area contributed by atoms with E-state index in [2.05, 4.69) is 31.0 Å². The van der Waals surface area contributed by atoms with Gasteiger partial charge in [-0.25, -0.2) is 13.1 Å². The van der Waals surface area contributed by atoms with Crippen molar-refractivity contribution in [2.24, 2.45) is 0 Å². The number of hydrogen-bond donors (Lipinski definition) is 2. The first-order valence-electron chi connectivity index (χ1n) is 8.14. The zero-order chi connectivity index (χ0) is 18.9. The van der Waals surface area contributed by atoms with E-state index in [-0.39, 0.29) is 4.90 Å². The van der Waals surface area contributed by atoms with Gasteiger partial charge in [0.25, 0.3) is 0 Å². The number of nitrogens with zero attached hydrogens (tertiary/aromatic N) is 1. The van der Waals surface area contributed by atoms with E-state index in [1.807, 2.05) is 38.1 Å². The molecule has 3 rings (SSSR count). The number of pyridine rings is 1. The minimum atomic E-state index is -3.45. The first kappa shape index (κ1) is 18.8. The number of rotatable bonds is 5. The summed E-state index contributed by atoms with van der Waals surface area (Å²) in [6.45, 7) is 4.54. The summed E-state index contributed by atoms with van der Waals surface area (Å²) in [6, 6.07) is 12.9. The molecule has 5 nitrogen and oxygen atoms in total. The van der Waals surface area contributed by atoms with Crippen molar-refractivity contribution < 1.29 is 8.42 Å². The highest BCUT2D eigenvalue weighted by molar-refractivity contribution is 9.10. The van der Waals surface area contributed by atoms with Crippen LogP contribution in [0.25, 0.3) is 10.9 Å². The van der Waals surface area contributed by atoms with E-state index in [0.717, 1.165) is 37.9 Å². The number of hydrogen-bond acceptors (Lipinski definition) is 4. The lowest BCUT2D eigenvalue weighted by atomic mass is 10.1. The van der Waals surface area contributed by atoms with Crippen molar-refractivity contribution in [3.8, 4) is 0 Å². The van der Waals surface area contributed by atoms with Crippen molar-refractivity contribution in [1.29, 1.82) is 0 Å². The van der Waals surface area contributed by atoms with Crippen molar-refractivity contribution >= 4 is 42.5 Å². The van der Waals surface area contributed by atoms with Crippen LogP contribution in [0.5, 0.6) is 0 Å². The van der Waals surface area contributed by atoms with Gasteiger partial charge in [0.15, 0.2) is 0 Å². The molecule has 0 fully saturated rings.